The van der Waals surface area contributed by atoms with Crippen LogP contribution in [0.25, 0.3) is 11.1 Å². The molecule has 0 aliphatic carbocycles. The van der Waals surface area contributed by atoms with E-state index in [-0.39, 0.29) is 11.4 Å². The lowest BCUT2D eigenvalue weighted by molar-refractivity contribution is -0.386. The van der Waals surface area contributed by atoms with E-state index in [1.165, 1.54) is 12.1 Å². The highest BCUT2D eigenvalue weighted by Crippen LogP contribution is 2.33. The molecule has 0 bridgehead atoms. The molecule has 0 amide bonds. The van der Waals surface area contributed by atoms with Gasteiger partial charge in [0.25, 0.3) is 11.4 Å². The second-order valence-electron chi connectivity index (χ2n) is 4.46. The van der Waals surface area contributed by atoms with Crippen LogP contribution in [-0.4, -0.2) is 9.85 Å². The monoisotopic (exact) mass is 272 g/mol. The Bertz CT molecular complexity index is 693. The maximum Gasteiger partial charge on any atom is 0.275 e. The van der Waals surface area contributed by atoms with Crippen molar-refractivity contribution in [3.8, 4) is 11.1 Å². The second-order valence-corrected chi connectivity index (χ2v) is 4.46. The molecule has 2 aromatic rings. The summed E-state index contributed by atoms with van der Waals surface area (Å²) in [5.41, 5.74) is 2.66. The number of hydrogen-bond acceptors (Lipinski definition) is 4. The summed E-state index contributed by atoms with van der Waals surface area (Å²) in [6, 6.07) is 9.45. The van der Waals surface area contributed by atoms with Crippen molar-refractivity contribution >= 4 is 11.4 Å². The van der Waals surface area contributed by atoms with Crippen molar-refractivity contribution in [1.29, 1.82) is 0 Å². The zero-order valence-corrected chi connectivity index (χ0v) is 11.0. The Morgan fingerprint density at radius 1 is 0.850 bits per heavy atom. The Morgan fingerprint density at radius 2 is 1.45 bits per heavy atom. The number of aryl methyl sites for hydroxylation is 1. The lowest BCUT2D eigenvalue weighted by Crippen LogP contribution is -1.97. The zero-order chi connectivity index (χ0) is 14.9. The predicted octanol–water partition coefficient (Wildman–Crippen LogP) is 3.79. The molecule has 0 atom stereocenters. The fraction of sp³-hybridized carbons (Fsp3) is 0.143. The number of non-ortho nitro benzene ring substituents is 1. The van der Waals surface area contributed by atoms with Gasteiger partial charge in [-0.2, -0.15) is 0 Å². The first-order valence-electron chi connectivity index (χ1n) is 5.91. The Hall–Kier alpha value is -2.76. The average Bonchev–Trinajstić information content (AvgIpc) is 2.38. The SMILES string of the molecule is Cc1ccc(-c2ccc([N+](=O)[O-])cc2)c(C)c1[N+](=O)[O-]. The quantitative estimate of drug-likeness (QED) is 0.628. The number of rotatable bonds is 3. The molecule has 0 saturated carbocycles. The molecule has 0 N–H and O–H groups in total. The number of hydrogen-bond donors (Lipinski definition) is 0. The smallest absolute Gasteiger partial charge is 0.258 e. The fourth-order valence-corrected chi connectivity index (χ4v) is 2.19. The molecule has 0 spiro atoms. The molecule has 0 radical (unpaired) electrons. The van der Waals surface area contributed by atoms with Gasteiger partial charge in [-0.05, 0) is 37.1 Å². The van der Waals surface area contributed by atoms with Crippen LogP contribution in [0.5, 0.6) is 0 Å². The van der Waals surface area contributed by atoms with Gasteiger partial charge >= 0.3 is 0 Å². The van der Waals surface area contributed by atoms with Gasteiger partial charge in [0.1, 0.15) is 0 Å². The molecule has 0 heterocycles. The number of nitro groups is 2. The third-order valence-electron chi connectivity index (χ3n) is 3.20. The maximum atomic E-state index is 11.1. The summed E-state index contributed by atoms with van der Waals surface area (Å²) in [5.74, 6) is 0. The first-order valence-corrected chi connectivity index (χ1v) is 5.91. The van der Waals surface area contributed by atoms with E-state index in [1.807, 2.05) is 0 Å². The standard InChI is InChI=1S/C14H12N2O4/c1-9-3-8-13(10(2)14(9)16(19)20)11-4-6-12(7-5-11)15(17)18/h3-8H,1-2H3. The Labute approximate surface area is 115 Å². The molecule has 6 nitrogen and oxygen atoms in total. The van der Waals surface area contributed by atoms with Crippen LogP contribution in [0.15, 0.2) is 36.4 Å². The van der Waals surface area contributed by atoms with Gasteiger partial charge in [0, 0.05) is 23.3 Å². The fourth-order valence-electron chi connectivity index (χ4n) is 2.19. The van der Waals surface area contributed by atoms with Crippen molar-refractivity contribution in [3.05, 3.63) is 67.8 Å². The van der Waals surface area contributed by atoms with Gasteiger partial charge in [-0.25, -0.2) is 0 Å². The molecule has 0 aliphatic rings. The van der Waals surface area contributed by atoms with E-state index >= 15 is 0 Å². The Kier molecular flexibility index (Phi) is 3.47. The first-order chi connectivity index (χ1) is 9.41. The van der Waals surface area contributed by atoms with E-state index in [1.54, 1.807) is 38.1 Å². The number of nitro benzene ring substituents is 2. The third kappa shape index (κ3) is 2.35. The first kappa shape index (κ1) is 13.7. The maximum absolute atomic E-state index is 11.1. The van der Waals surface area contributed by atoms with E-state index in [2.05, 4.69) is 0 Å². The van der Waals surface area contributed by atoms with Crippen LogP contribution in [-0.2, 0) is 0 Å². The molecule has 0 aliphatic heterocycles. The van der Waals surface area contributed by atoms with Crippen LogP contribution in [0.4, 0.5) is 11.4 Å². The minimum Gasteiger partial charge on any atom is -0.258 e. The van der Waals surface area contributed by atoms with Crippen molar-refractivity contribution in [2.24, 2.45) is 0 Å². The molecular formula is C14H12N2O4. The molecule has 0 fully saturated rings. The van der Waals surface area contributed by atoms with Gasteiger partial charge in [-0.3, -0.25) is 20.2 Å². The van der Waals surface area contributed by atoms with E-state index in [0.717, 1.165) is 5.56 Å². The van der Waals surface area contributed by atoms with E-state index in [4.69, 9.17) is 0 Å². The molecule has 6 heteroatoms. The normalized spacial score (nSPS) is 10.3. The molecule has 0 unspecified atom stereocenters. The van der Waals surface area contributed by atoms with E-state index in [0.29, 0.717) is 16.7 Å². The van der Waals surface area contributed by atoms with Gasteiger partial charge in [-0.15, -0.1) is 0 Å². The summed E-state index contributed by atoms with van der Waals surface area (Å²) in [6.45, 7) is 3.37. The van der Waals surface area contributed by atoms with Crippen LogP contribution in [0.3, 0.4) is 0 Å². The average molecular weight is 272 g/mol. The summed E-state index contributed by atoms with van der Waals surface area (Å²) in [7, 11) is 0. The minimum atomic E-state index is -0.478. The largest absolute Gasteiger partial charge is 0.275 e. The Morgan fingerprint density at radius 3 is 1.95 bits per heavy atom. The van der Waals surface area contributed by atoms with Crippen molar-refractivity contribution < 1.29 is 9.85 Å². The highest BCUT2D eigenvalue weighted by molar-refractivity contribution is 5.73. The number of nitrogens with zero attached hydrogens (tertiary/aromatic N) is 2. The van der Waals surface area contributed by atoms with Crippen molar-refractivity contribution in [1.82, 2.24) is 0 Å². The topological polar surface area (TPSA) is 86.3 Å². The predicted molar refractivity (Wildman–Crippen MR) is 74.7 cm³/mol. The number of benzene rings is 2. The van der Waals surface area contributed by atoms with E-state index in [9.17, 15) is 20.2 Å². The van der Waals surface area contributed by atoms with Crippen LogP contribution in [0, 0.1) is 34.1 Å². The Balaban J connectivity index is 2.56. The van der Waals surface area contributed by atoms with E-state index < -0.39 is 9.85 Å². The molecule has 2 aromatic carbocycles. The summed E-state index contributed by atoms with van der Waals surface area (Å²) >= 11 is 0. The molecule has 2 rings (SSSR count). The third-order valence-corrected chi connectivity index (χ3v) is 3.20. The molecule has 0 aromatic heterocycles. The van der Waals surface area contributed by atoms with Gasteiger partial charge in [-0.1, -0.05) is 12.1 Å². The molecular weight excluding hydrogens is 260 g/mol. The van der Waals surface area contributed by atoms with Gasteiger partial charge in [0.05, 0.1) is 9.85 Å². The lowest BCUT2D eigenvalue weighted by atomic mass is 9.96. The zero-order valence-electron chi connectivity index (χ0n) is 11.0. The van der Waals surface area contributed by atoms with Crippen LogP contribution < -0.4 is 0 Å². The van der Waals surface area contributed by atoms with Crippen molar-refractivity contribution in [2.75, 3.05) is 0 Å². The van der Waals surface area contributed by atoms with Crippen LogP contribution >= 0.6 is 0 Å². The van der Waals surface area contributed by atoms with Gasteiger partial charge in [0.15, 0.2) is 0 Å². The molecule has 102 valence electrons. The summed E-state index contributed by atoms with van der Waals surface area (Å²) in [5, 5.41) is 21.7. The highest BCUT2D eigenvalue weighted by Gasteiger charge is 2.18. The minimum absolute atomic E-state index is 0.00647. The lowest BCUT2D eigenvalue weighted by Gasteiger charge is -2.08. The summed E-state index contributed by atoms with van der Waals surface area (Å²) in [4.78, 5) is 20.8. The van der Waals surface area contributed by atoms with Crippen molar-refractivity contribution in [3.63, 3.8) is 0 Å². The van der Waals surface area contributed by atoms with Gasteiger partial charge in [0.2, 0.25) is 0 Å². The molecule has 0 saturated heterocycles. The summed E-state index contributed by atoms with van der Waals surface area (Å²) in [6.07, 6.45) is 0. The summed E-state index contributed by atoms with van der Waals surface area (Å²) < 4.78 is 0. The highest BCUT2D eigenvalue weighted by atomic mass is 16.6. The van der Waals surface area contributed by atoms with Crippen molar-refractivity contribution in [2.45, 2.75) is 13.8 Å². The van der Waals surface area contributed by atoms with Crippen LogP contribution in [0.1, 0.15) is 11.1 Å². The van der Waals surface area contributed by atoms with Gasteiger partial charge < -0.3 is 0 Å². The molecule has 20 heavy (non-hydrogen) atoms. The second kappa shape index (κ2) is 5.08. The van der Waals surface area contributed by atoms with Crippen LogP contribution in [0.2, 0.25) is 0 Å².